The number of nitrogens with zero attached hydrogens (tertiary/aromatic N) is 4. The van der Waals surface area contributed by atoms with Crippen molar-refractivity contribution in [2.45, 2.75) is 12.6 Å². The lowest BCUT2D eigenvalue weighted by Gasteiger charge is -2.23. The van der Waals surface area contributed by atoms with Gasteiger partial charge in [0, 0.05) is 29.8 Å². The van der Waals surface area contributed by atoms with Gasteiger partial charge < -0.3 is 10.1 Å². The van der Waals surface area contributed by atoms with Crippen LogP contribution < -0.4 is 10.4 Å². The van der Waals surface area contributed by atoms with Crippen LogP contribution in [0.15, 0.2) is 60.9 Å². The number of aromatic amines is 2. The topological polar surface area (TPSA) is 123 Å². The van der Waals surface area contributed by atoms with Gasteiger partial charge in [0.15, 0.2) is 5.82 Å². The molecule has 0 saturated heterocycles. The van der Waals surface area contributed by atoms with Crippen molar-refractivity contribution in [2.24, 2.45) is 0 Å². The number of imidazole rings is 1. The molecule has 9 nitrogen and oxygen atoms in total. The minimum Gasteiger partial charge on any atom is -0.371 e. The molecule has 4 heterocycles. The number of H-pyrrole nitrogens is 2. The first-order chi connectivity index (χ1) is 15.2. The van der Waals surface area contributed by atoms with E-state index in [0.717, 1.165) is 33.4 Å². The largest absolute Gasteiger partial charge is 0.371 e. The second-order valence-corrected chi connectivity index (χ2v) is 7.43. The van der Waals surface area contributed by atoms with E-state index in [1.54, 1.807) is 12.4 Å². The summed E-state index contributed by atoms with van der Waals surface area (Å²) in [6.07, 6.45) is 3.07. The van der Waals surface area contributed by atoms with Crippen LogP contribution in [0, 0.1) is 0 Å². The first kappa shape index (κ1) is 17.6. The smallest absolute Gasteiger partial charge is 0.305 e. The van der Waals surface area contributed by atoms with Crippen molar-refractivity contribution in [3.05, 3.63) is 72.3 Å². The Hall–Kier alpha value is -4.24. The van der Waals surface area contributed by atoms with Crippen molar-refractivity contribution in [2.75, 3.05) is 5.01 Å². The van der Waals surface area contributed by atoms with Crippen molar-refractivity contribution in [3.63, 3.8) is 0 Å². The third-order valence-corrected chi connectivity index (χ3v) is 5.51. The first-order valence-corrected chi connectivity index (χ1v) is 9.82. The highest BCUT2D eigenvalue weighted by atomic mass is 16.3. The van der Waals surface area contributed by atoms with E-state index in [1.807, 2.05) is 48.5 Å². The molecule has 152 valence electrons. The summed E-state index contributed by atoms with van der Waals surface area (Å²) >= 11 is 0. The van der Waals surface area contributed by atoms with Gasteiger partial charge in [-0.3, -0.25) is 25.3 Å². The third-order valence-electron chi connectivity index (χ3n) is 5.51. The minimum absolute atomic E-state index is 0.164. The summed E-state index contributed by atoms with van der Waals surface area (Å²) in [7, 11) is 0. The van der Waals surface area contributed by atoms with Crippen molar-refractivity contribution in [1.29, 1.82) is 0 Å². The molecule has 1 aliphatic rings. The van der Waals surface area contributed by atoms with Crippen molar-refractivity contribution >= 4 is 33.5 Å². The SMILES string of the molecule is O=C(NN1c2ccccc2C[C@H]1O)c1nc2cc3c(-c4ccncc4)n[nH]c3cc2[nH]1. The van der Waals surface area contributed by atoms with Gasteiger partial charge in [-0.05, 0) is 35.9 Å². The Kier molecular flexibility index (Phi) is 3.77. The number of para-hydroxylation sites is 1. The number of carbonyl (C=O) groups is 1. The second-order valence-electron chi connectivity index (χ2n) is 7.43. The number of pyridine rings is 1. The maximum atomic E-state index is 12.9. The lowest BCUT2D eigenvalue weighted by atomic mass is 10.1. The summed E-state index contributed by atoms with van der Waals surface area (Å²) in [4.78, 5) is 24.4. The number of aliphatic hydroxyl groups is 1. The van der Waals surface area contributed by atoms with Crippen LogP contribution in [0.2, 0.25) is 0 Å². The molecule has 31 heavy (non-hydrogen) atoms. The Morgan fingerprint density at radius 2 is 1.97 bits per heavy atom. The molecule has 0 bridgehead atoms. The van der Waals surface area contributed by atoms with Crippen LogP contribution in [0.25, 0.3) is 33.2 Å². The highest BCUT2D eigenvalue weighted by Gasteiger charge is 2.29. The number of hydrogen-bond donors (Lipinski definition) is 4. The summed E-state index contributed by atoms with van der Waals surface area (Å²) in [5.74, 6) is -0.263. The Morgan fingerprint density at radius 1 is 1.13 bits per heavy atom. The fraction of sp³-hybridized carbons (Fsp3) is 0.0909. The van der Waals surface area contributed by atoms with Gasteiger partial charge in [0.1, 0.15) is 11.9 Å². The van der Waals surface area contributed by atoms with Gasteiger partial charge in [-0.25, -0.2) is 4.98 Å². The number of hydrazine groups is 1. The monoisotopic (exact) mass is 411 g/mol. The van der Waals surface area contributed by atoms with Crippen LogP contribution in [0.5, 0.6) is 0 Å². The standard InChI is InChI=1S/C22H17N7O2/c30-19-9-13-3-1-2-4-18(13)29(19)28-22(31)21-24-16-10-14-15(11-17(16)25-21)26-27-20(14)12-5-7-23-8-6-12/h1-8,10-11,19,30H,9H2,(H,24,25)(H,26,27)(H,28,31)/t19-/m1/s1. The molecule has 0 aliphatic carbocycles. The number of fused-ring (bicyclic) bond motifs is 3. The van der Waals surface area contributed by atoms with Crippen molar-refractivity contribution in [3.8, 4) is 11.3 Å². The summed E-state index contributed by atoms with van der Waals surface area (Å²) in [6, 6.07) is 15.1. The Labute approximate surface area is 175 Å². The molecule has 0 fully saturated rings. The number of anilines is 1. The molecule has 2 aromatic carbocycles. The number of carbonyl (C=O) groups excluding carboxylic acids is 1. The predicted octanol–water partition coefficient (Wildman–Crippen LogP) is 2.53. The van der Waals surface area contributed by atoms with Crippen LogP contribution >= 0.6 is 0 Å². The molecular formula is C22H17N7O2. The number of benzene rings is 2. The summed E-state index contributed by atoms with van der Waals surface area (Å²) in [6.45, 7) is 0. The highest BCUT2D eigenvalue weighted by molar-refractivity contribution is 6.02. The van der Waals surface area contributed by atoms with E-state index < -0.39 is 12.1 Å². The number of rotatable bonds is 3. The highest BCUT2D eigenvalue weighted by Crippen LogP contribution is 2.30. The number of hydrogen-bond acceptors (Lipinski definition) is 6. The zero-order valence-corrected chi connectivity index (χ0v) is 16.2. The number of amides is 1. The maximum absolute atomic E-state index is 12.9. The minimum atomic E-state index is -0.821. The molecule has 0 saturated carbocycles. The summed E-state index contributed by atoms with van der Waals surface area (Å²) in [5, 5.41) is 20.2. The van der Waals surface area contributed by atoms with Crippen LogP contribution in [0.1, 0.15) is 16.2 Å². The Balaban J connectivity index is 1.34. The first-order valence-electron chi connectivity index (χ1n) is 9.82. The molecule has 4 N–H and O–H groups in total. The molecule has 9 heteroatoms. The van der Waals surface area contributed by atoms with Gasteiger partial charge in [-0.2, -0.15) is 5.10 Å². The van der Waals surface area contributed by atoms with Crippen molar-refractivity contribution < 1.29 is 9.90 Å². The molecular weight excluding hydrogens is 394 g/mol. The van der Waals surface area contributed by atoms with Gasteiger partial charge in [0.25, 0.3) is 0 Å². The average Bonchev–Trinajstić information content (AvgIpc) is 3.48. The molecule has 1 aliphatic heterocycles. The van der Waals surface area contributed by atoms with E-state index in [4.69, 9.17) is 0 Å². The van der Waals surface area contributed by atoms with E-state index in [1.165, 1.54) is 5.01 Å². The molecule has 6 rings (SSSR count). The third kappa shape index (κ3) is 2.82. The molecule has 0 spiro atoms. The normalized spacial score (nSPS) is 15.5. The molecule has 5 aromatic rings. The van der Waals surface area contributed by atoms with Crippen LogP contribution in [-0.2, 0) is 6.42 Å². The maximum Gasteiger partial charge on any atom is 0.305 e. The van der Waals surface area contributed by atoms with Gasteiger partial charge >= 0.3 is 5.91 Å². The van der Waals surface area contributed by atoms with E-state index in [2.05, 4.69) is 30.6 Å². The fourth-order valence-corrected chi connectivity index (χ4v) is 4.02. The van der Waals surface area contributed by atoms with Crippen LogP contribution in [0.4, 0.5) is 5.69 Å². The second kappa shape index (κ2) is 6.64. The lowest BCUT2D eigenvalue weighted by molar-refractivity contribution is 0.0894. The number of aromatic nitrogens is 5. The summed E-state index contributed by atoms with van der Waals surface area (Å²) in [5.41, 5.74) is 8.45. The average molecular weight is 411 g/mol. The van der Waals surface area contributed by atoms with E-state index in [0.29, 0.717) is 17.5 Å². The predicted molar refractivity (Wildman–Crippen MR) is 115 cm³/mol. The molecule has 3 aromatic heterocycles. The van der Waals surface area contributed by atoms with Gasteiger partial charge in [-0.15, -0.1) is 0 Å². The lowest BCUT2D eigenvalue weighted by Crippen LogP contribution is -2.47. The van der Waals surface area contributed by atoms with Crippen LogP contribution in [0.3, 0.4) is 0 Å². The zero-order valence-electron chi connectivity index (χ0n) is 16.2. The van der Waals surface area contributed by atoms with E-state index >= 15 is 0 Å². The van der Waals surface area contributed by atoms with Gasteiger partial charge in [0.2, 0.25) is 0 Å². The van der Waals surface area contributed by atoms with Gasteiger partial charge in [-0.1, -0.05) is 18.2 Å². The molecule has 1 amide bonds. The number of aliphatic hydroxyl groups excluding tert-OH is 1. The van der Waals surface area contributed by atoms with E-state index in [-0.39, 0.29) is 5.82 Å². The van der Waals surface area contributed by atoms with E-state index in [9.17, 15) is 9.90 Å². The van der Waals surface area contributed by atoms with Gasteiger partial charge in [0.05, 0.1) is 22.2 Å². The van der Waals surface area contributed by atoms with Crippen molar-refractivity contribution in [1.82, 2.24) is 30.6 Å². The Morgan fingerprint density at radius 3 is 2.84 bits per heavy atom. The fourth-order valence-electron chi connectivity index (χ4n) is 4.02. The quantitative estimate of drug-likeness (QED) is 0.362. The Bertz CT molecular complexity index is 1440. The summed E-state index contributed by atoms with van der Waals surface area (Å²) < 4.78 is 0. The molecule has 0 unspecified atom stereocenters. The molecule has 0 radical (unpaired) electrons. The number of nitrogens with one attached hydrogen (secondary N) is 3. The zero-order chi connectivity index (χ0) is 20.9. The molecule has 1 atom stereocenters. The van der Waals surface area contributed by atoms with Crippen LogP contribution in [-0.4, -0.2) is 42.4 Å².